The average molecular weight is 386 g/mol. The molecule has 2 rings (SSSR count). The van der Waals surface area contributed by atoms with Gasteiger partial charge in [0.25, 0.3) is 0 Å². The number of alkyl halides is 3. The molecule has 0 amide bonds. The molecule has 27 heavy (non-hydrogen) atoms. The van der Waals surface area contributed by atoms with Crippen LogP contribution in [0, 0.1) is 0 Å². The zero-order valence-electron chi connectivity index (χ0n) is 16.0. The zero-order chi connectivity index (χ0) is 19.7. The van der Waals surface area contributed by atoms with E-state index >= 15 is 0 Å². The number of hydrogen-bond acceptors (Lipinski definition) is 3. The van der Waals surface area contributed by atoms with Gasteiger partial charge in [-0.3, -0.25) is 4.90 Å². The summed E-state index contributed by atoms with van der Waals surface area (Å²) in [5.74, 6) is 0.609. The molecule has 0 saturated heterocycles. The number of ether oxygens (including phenoxy) is 1. The molecule has 152 valence electrons. The summed E-state index contributed by atoms with van der Waals surface area (Å²) >= 11 is 0. The van der Waals surface area contributed by atoms with Crippen molar-refractivity contribution in [3.05, 3.63) is 35.4 Å². The third-order valence-electron chi connectivity index (χ3n) is 4.36. The zero-order valence-corrected chi connectivity index (χ0v) is 16.0. The minimum absolute atomic E-state index is 0.190. The molecule has 0 unspecified atom stereocenters. The van der Waals surface area contributed by atoms with Crippen LogP contribution >= 0.6 is 0 Å². The molecule has 1 saturated carbocycles. The van der Waals surface area contributed by atoms with Gasteiger partial charge in [-0.1, -0.05) is 12.1 Å². The normalized spacial score (nSPS) is 15.3. The van der Waals surface area contributed by atoms with E-state index in [1.54, 1.807) is 13.2 Å². The second kappa shape index (κ2) is 10.5. The lowest BCUT2D eigenvalue weighted by atomic mass is 10.1. The molecular weight excluding hydrogens is 357 g/mol. The summed E-state index contributed by atoms with van der Waals surface area (Å²) in [7, 11) is 1.70. The van der Waals surface area contributed by atoms with Crippen molar-refractivity contribution in [1.82, 2.24) is 15.5 Å². The van der Waals surface area contributed by atoms with Gasteiger partial charge in [-0.2, -0.15) is 13.2 Å². The molecule has 0 bridgehead atoms. The quantitative estimate of drug-likeness (QED) is 0.480. The van der Waals surface area contributed by atoms with Gasteiger partial charge >= 0.3 is 6.18 Å². The Morgan fingerprint density at radius 3 is 2.67 bits per heavy atom. The summed E-state index contributed by atoms with van der Waals surface area (Å²) in [6, 6.07) is 5.93. The van der Waals surface area contributed by atoms with Crippen LogP contribution in [-0.2, 0) is 17.5 Å². The van der Waals surface area contributed by atoms with Crippen molar-refractivity contribution in [2.24, 2.45) is 4.99 Å². The van der Waals surface area contributed by atoms with Gasteiger partial charge in [0.15, 0.2) is 5.96 Å². The molecular formula is C19H29F3N4O. The average Bonchev–Trinajstić information content (AvgIpc) is 3.47. The first-order valence-electron chi connectivity index (χ1n) is 9.35. The predicted molar refractivity (Wildman–Crippen MR) is 101 cm³/mol. The summed E-state index contributed by atoms with van der Waals surface area (Å²) < 4.78 is 43.6. The summed E-state index contributed by atoms with van der Waals surface area (Å²) in [6.07, 6.45) is -1.88. The lowest BCUT2D eigenvalue weighted by Gasteiger charge is -2.22. The molecule has 2 N–H and O–H groups in total. The van der Waals surface area contributed by atoms with Gasteiger partial charge in [-0.05, 0) is 37.5 Å². The van der Waals surface area contributed by atoms with Gasteiger partial charge in [-0.25, -0.2) is 4.99 Å². The molecule has 8 heteroatoms. The molecule has 0 spiro atoms. The highest BCUT2D eigenvalue weighted by atomic mass is 19.4. The van der Waals surface area contributed by atoms with E-state index in [9.17, 15) is 13.2 Å². The van der Waals surface area contributed by atoms with Crippen molar-refractivity contribution in [1.29, 1.82) is 0 Å². The number of guanidine groups is 1. The van der Waals surface area contributed by atoms with Gasteiger partial charge in [0.1, 0.15) is 0 Å². The number of benzene rings is 1. The highest BCUT2D eigenvalue weighted by Crippen LogP contribution is 2.29. The van der Waals surface area contributed by atoms with Gasteiger partial charge in [-0.15, -0.1) is 0 Å². The van der Waals surface area contributed by atoms with Crippen molar-refractivity contribution in [3.63, 3.8) is 0 Å². The first-order chi connectivity index (χ1) is 12.9. The van der Waals surface area contributed by atoms with Gasteiger partial charge < -0.3 is 15.4 Å². The summed E-state index contributed by atoms with van der Waals surface area (Å²) in [5.41, 5.74) is -0.117. The fourth-order valence-electron chi connectivity index (χ4n) is 2.80. The van der Waals surface area contributed by atoms with Gasteiger partial charge in [0.2, 0.25) is 0 Å². The molecule has 1 aliphatic rings. The molecule has 1 fully saturated rings. The third-order valence-corrected chi connectivity index (χ3v) is 4.36. The second-order valence-electron chi connectivity index (χ2n) is 6.58. The van der Waals surface area contributed by atoms with E-state index in [-0.39, 0.29) is 6.54 Å². The van der Waals surface area contributed by atoms with Crippen molar-refractivity contribution in [2.45, 2.75) is 38.5 Å². The van der Waals surface area contributed by atoms with E-state index < -0.39 is 11.7 Å². The maximum Gasteiger partial charge on any atom is 0.416 e. The molecule has 1 aliphatic carbocycles. The number of nitrogens with zero attached hydrogens (tertiary/aromatic N) is 2. The first kappa shape index (κ1) is 21.5. The topological polar surface area (TPSA) is 48.9 Å². The maximum atomic E-state index is 12.8. The molecule has 1 aromatic carbocycles. The van der Waals surface area contributed by atoms with Crippen molar-refractivity contribution >= 4 is 5.96 Å². The van der Waals surface area contributed by atoms with Crippen LogP contribution < -0.4 is 10.6 Å². The van der Waals surface area contributed by atoms with E-state index in [2.05, 4.69) is 20.5 Å². The van der Waals surface area contributed by atoms with E-state index in [0.29, 0.717) is 37.3 Å². The van der Waals surface area contributed by atoms with Crippen molar-refractivity contribution < 1.29 is 17.9 Å². The Kier molecular flexibility index (Phi) is 8.37. The van der Waals surface area contributed by atoms with E-state index in [1.165, 1.54) is 18.9 Å². The Hall–Kier alpha value is -1.80. The second-order valence-corrected chi connectivity index (χ2v) is 6.58. The Labute approximate surface area is 159 Å². The van der Waals surface area contributed by atoms with Gasteiger partial charge in [0, 0.05) is 39.3 Å². The number of nitrogens with one attached hydrogen (secondary N) is 2. The Balaban J connectivity index is 1.88. The summed E-state index contributed by atoms with van der Waals surface area (Å²) in [4.78, 5) is 6.81. The van der Waals surface area contributed by atoms with Gasteiger partial charge in [0.05, 0.1) is 18.7 Å². The largest absolute Gasteiger partial charge is 0.416 e. The van der Waals surface area contributed by atoms with Crippen LogP contribution in [0.5, 0.6) is 0 Å². The van der Waals surface area contributed by atoms with Crippen LogP contribution in [-0.4, -0.2) is 56.8 Å². The summed E-state index contributed by atoms with van der Waals surface area (Å²) in [5, 5.41) is 6.39. The number of rotatable bonds is 10. The van der Waals surface area contributed by atoms with E-state index in [1.807, 2.05) is 6.92 Å². The molecule has 5 nitrogen and oxygen atoms in total. The fraction of sp³-hybridized carbons (Fsp3) is 0.632. The van der Waals surface area contributed by atoms with Crippen LogP contribution in [0.25, 0.3) is 0 Å². The number of methoxy groups -OCH3 is 1. The fourth-order valence-corrected chi connectivity index (χ4v) is 2.80. The SMILES string of the molecule is CCNC(=NCc1cccc(C(F)(F)F)c1)NCCN(CCOC)C1CC1. The molecule has 0 aromatic heterocycles. The number of hydrogen-bond donors (Lipinski definition) is 2. The van der Waals surface area contributed by atoms with Crippen LogP contribution in [0.4, 0.5) is 13.2 Å². The Morgan fingerprint density at radius 1 is 1.26 bits per heavy atom. The van der Waals surface area contributed by atoms with E-state index in [0.717, 1.165) is 25.2 Å². The van der Waals surface area contributed by atoms with Crippen LogP contribution in [0.3, 0.4) is 0 Å². The van der Waals surface area contributed by atoms with Crippen molar-refractivity contribution in [2.75, 3.05) is 39.9 Å². The maximum absolute atomic E-state index is 12.8. The lowest BCUT2D eigenvalue weighted by Crippen LogP contribution is -2.42. The summed E-state index contributed by atoms with van der Waals surface area (Å²) in [6.45, 7) is 6.04. The van der Waals surface area contributed by atoms with Crippen LogP contribution in [0.2, 0.25) is 0 Å². The lowest BCUT2D eigenvalue weighted by molar-refractivity contribution is -0.137. The standard InChI is InChI=1S/C19H29F3N4O/c1-3-23-18(24-9-10-26(11-12-27-2)17-7-8-17)25-14-15-5-4-6-16(13-15)19(20,21)22/h4-6,13,17H,3,7-12,14H2,1-2H3,(H2,23,24,25). The highest BCUT2D eigenvalue weighted by molar-refractivity contribution is 5.79. The molecule has 0 radical (unpaired) electrons. The first-order valence-corrected chi connectivity index (χ1v) is 9.35. The molecule has 1 aromatic rings. The molecule has 0 aliphatic heterocycles. The predicted octanol–water partition coefficient (Wildman–Crippen LogP) is 2.87. The van der Waals surface area contributed by atoms with E-state index in [4.69, 9.17) is 4.74 Å². The molecule has 0 heterocycles. The highest BCUT2D eigenvalue weighted by Gasteiger charge is 2.30. The smallest absolute Gasteiger partial charge is 0.383 e. The monoisotopic (exact) mass is 386 g/mol. The molecule has 0 atom stereocenters. The number of halogens is 3. The minimum atomic E-state index is -4.34. The number of aliphatic imine (C=N–C) groups is 1. The van der Waals surface area contributed by atoms with Crippen LogP contribution in [0.1, 0.15) is 30.9 Å². The van der Waals surface area contributed by atoms with Crippen molar-refractivity contribution in [3.8, 4) is 0 Å². The Bertz CT molecular complexity index is 603. The Morgan fingerprint density at radius 2 is 2.04 bits per heavy atom. The van der Waals surface area contributed by atoms with Crippen LogP contribution in [0.15, 0.2) is 29.3 Å². The third kappa shape index (κ3) is 7.76. The minimum Gasteiger partial charge on any atom is -0.383 e.